The van der Waals surface area contributed by atoms with E-state index in [1.807, 2.05) is 30.7 Å². The Bertz CT molecular complexity index is 426. The van der Waals surface area contributed by atoms with Crippen LogP contribution in [-0.4, -0.2) is 21.4 Å². The van der Waals surface area contributed by atoms with Crippen molar-refractivity contribution in [3.8, 4) is 10.6 Å². The molecule has 0 aliphatic rings. The highest BCUT2D eigenvalue weighted by molar-refractivity contribution is 7.98. The minimum Gasteiger partial charge on any atom is -0.218 e. The van der Waals surface area contributed by atoms with Gasteiger partial charge in [0.25, 0.3) is 0 Å². The molecular weight excluding hydrogens is 214 g/mol. The van der Waals surface area contributed by atoms with Gasteiger partial charge in [-0.05, 0) is 24.6 Å². The van der Waals surface area contributed by atoms with Gasteiger partial charge in [-0.2, -0.15) is 5.10 Å². The average molecular weight is 223 g/mol. The van der Waals surface area contributed by atoms with Crippen LogP contribution >= 0.6 is 23.1 Å². The molecule has 0 bridgehead atoms. The van der Waals surface area contributed by atoms with Crippen LogP contribution in [0.25, 0.3) is 10.6 Å². The monoisotopic (exact) mass is 223 g/mol. The predicted octanol–water partition coefficient (Wildman–Crippen LogP) is 2.63. The van der Waals surface area contributed by atoms with Crippen LogP contribution in [0.1, 0.15) is 5.69 Å². The van der Waals surface area contributed by atoms with Crippen LogP contribution in [0.5, 0.6) is 0 Å². The number of aryl methyl sites for hydroxylation is 1. The number of hydrogen-bond donors (Lipinski definition) is 0. The van der Waals surface area contributed by atoms with Crippen molar-refractivity contribution in [3.63, 3.8) is 0 Å². The summed E-state index contributed by atoms with van der Waals surface area (Å²) in [5.74, 6) is 0. The van der Waals surface area contributed by atoms with Crippen molar-refractivity contribution in [1.82, 2.24) is 15.2 Å². The zero-order valence-electron chi connectivity index (χ0n) is 7.89. The minimum absolute atomic E-state index is 0.721. The fraction of sp³-hybridized carbons (Fsp3) is 0.222. The molecule has 0 atom stereocenters. The van der Waals surface area contributed by atoms with Crippen molar-refractivity contribution in [2.24, 2.45) is 0 Å². The lowest BCUT2D eigenvalue weighted by molar-refractivity contribution is 0.821. The van der Waals surface area contributed by atoms with E-state index in [-0.39, 0.29) is 0 Å². The van der Waals surface area contributed by atoms with Crippen LogP contribution in [-0.2, 0) is 0 Å². The van der Waals surface area contributed by atoms with Crippen molar-refractivity contribution >= 4 is 23.1 Å². The quantitative estimate of drug-likeness (QED) is 0.734. The van der Waals surface area contributed by atoms with Gasteiger partial charge in [0.2, 0.25) is 5.16 Å². The zero-order valence-corrected chi connectivity index (χ0v) is 9.52. The second-order valence-corrected chi connectivity index (χ2v) is 4.43. The van der Waals surface area contributed by atoms with Crippen molar-refractivity contribution in [2.75, 3.05) is 6.26 Å². The molecule has 72 valence electrons. The molecule has 14 heavy (non-hydrogen) atoms. The normalized spacial score (nSPS) is 10.4. The van der Waals surface area contributed by atoms with Gasteiger partial charge in [-0.25, -0.2) is 4.98 Å². The molecule has 0 N–H and O–H groups in total. The topological polar surface area (TPSA) is 38.7 Å². The fourth-order valence-electron chi connectivity index (χ4n) is 1.10. The SMILES string of the molecule is CSc1nnc(C)c(-c2cccs2)n1. The molecule has 0 aliphatic carbocycles. The van der Waals surface area contributed by atoms with Crippen molar-refractivity contribution in [1.29, 1.82) is 0 Å². The van der Waals surface area contributed by atoms with E-state index in [4.69, 9.17) is 0 Å². The van der Waals surface area contributed by atoms with E-state index < -0.39 is 0 Å². The lowest BCUT2D eigenvalue weighted by atomic mass is 10.3. The van der Waals surface area contributed by atoms with Gasteiger partial charge in [0.1, 0.15) is 5.69 Å². The molecule has 3 nitrogen and oxygen atoms in total. The molecular formula is C9H9N3S2. The molecule has 0 amide bonds. The number of thiophene rings is 1. The average Bonchev–Trinajstić information content (AvgIpc) is 2.71. The molecule has 2 rings (SSSR count). The lowest BCUT2D eigenvalue weighted by Gasteiger charge is -2.01. The maximum Gasteiger partial charge on any atom is 0.209 e. The van der Waals surface area contributed by atoms with Gasteiger partial charge in [0.15, 0.2) is 0 Å². The van der Waals surface area contributed by atoms with E-state index in [0.717, 1.165) is 21.4 Å². The first-order valence-corrected chi connectivity index (χ1v) is 6.21. The third kappa shape index (κ3) is 1.78. The molecule has 0 fully saturated rings. The largest absolute Gasteiger partial charge is 0.218 e. The van der Waals surface area contributed by atoms with Gasteiger partial charge in [0.05, 0.1) is 10.6 Å². The molecule has 0 radical (unpaired) electrons. The third-order valence-corrected chi connectivity index (χ3v) is 3.19. The minimum atomic E-state index is 0.721. The van der Waals surface area contributed by atoms with Crippen molar-refractivity contribution < 1.29 is 0 Å². The number of rotatable bonds is 2. The van der Waals surface area contributed by atoms with Crippen LogP contribution in [0.15, 0.2) is 22.7 Å². The second-order valence-electron chi connectivity index (χ2n) is 2.71. The highest BCUT2D eigenvalue weighted by atomic mass is 32.2. The van der Waals surface area contributed by atoms with E-state index in [1.54, 1.807) is 11.3 Å². The van der Waals surface area contributed by atoms with Gasteiger partial charge >= 0.3 is 0 Å². The summed E-state index contributed by atoms with van der Waals surface area (Å²) in [5, 5.41) is 10.8. The summed E-state index contributed by atoms with van der Waals surface area (Å²) >= 11 is 3.18. The molecule has 0 unspecified atom stereocenters. The summed E-state index contributed by atoms with van der Waals surface area (Å²) < 4.78 is 0. The molecule has 0 spiro atoms. The summed E-state index contributed by atoms with van der Waals surface area (Å²) in [6, 6.07) is 4.06. The Morgan fingerprint density at radius 1 is 1.36 bits per heavy atom. The van der Waals surface area contributed by atoms with Gasteiger partial charge in [-0.15, -0.1) is 16.4 Å². The maximum absolute atomic E-state index is 4.43. The Kier molecular flexibility index (Phi) is 2.79. The van der Waals surface area contributed by atoms with E-state index in [9.17, 15) is 0 Å². The molecule has 5 heteroatoms. The third-order valence-electron chi connectivity index (χ3n) is 1.77. The Hall–Kier alpha value is -0.940. The van der Waals surface area contributed by atoms with Gasteiger partial charge in [0, 0.05) is 0 Å². The first-order chi connectivity index (χ1) is 6.81. The fourth-order valence-corrected chi connectivity index (χ4v) is 2.17. The van der Waals surface area contributed by atoms with Gasteiger partial charge < -0.3 is 0 Å². The highest BCUT2D eigenvalue weighted by Crippen LogP contribution is 2.25. The van der Waals surface area contributed by atoms with Crippen LogP contribution in [0, 0.1) is 6.92 Å². The smallest absolute Gasteiger partial charge is 0.209 e. The molecule has 0 saturated heterocycles. The van der Waals surface area contributed by atoms with Crippen molar-refractivity contribution in [2.45, 2.75) is 12.1 Å². The van der Waals surface area contributed by atoms with Crippen LogP contribution in [0.2, 0.25) is 0 Å². The maximum atomic E-state index is 4.43. The zero-order chi connectivity index (χ0) is 9.97. The summed E-state index contributed by atoms with van der Waals surface area (Å²) in [7, 11) is 0. The Labute approximate surface area is 90.6 Å². The summed E-state index contributed by atoms with van der Waals surface area (Å²) in [6.45, 7) is 1.93. The Balaban J connectivity index is 2.51. The van der Waals surface area contributed by atoms with Gasteiger partial charge in [-0.3, -0.25) is 0 Å². The van der Waals surface area contributed by atoms with E-state index in [0.29, 0.717) is 0 Å². The Morgan fingerprint density at radius 3 is 2.86 bits per heavy atom. The molecule has 2 aromatic heterocycles. The number of hydrogen-bond acceptors (Lipinski definition) is 5. The van der Waals surface area contributed by atoms with E-state index in [1.165, 1.54) is 11.8 Å². The highest BCUT2D eigenvalue weighted by Gasteiger charge is 2.07. The van der Waals surface area contributed by atoms with E-state index in [2.05, 4.69) is 15.2 Å². The van der Waals surface area contributed by atoms with Crippen LogP contribution in [0.4, 0.5) is 0 Å². The molecule has 2 heterocycles. The van der Waals surface area contributed by atoms with Gasteiger partial charge in [-0.1, -0.05) is 17.8 Å². The predicted molar refractivity (Wildman–Crippen MR) is 59.7 cm³/mol. The first kappa shape index (κ1) is 9.61. The van der Waals surface area contributed by atoms with E-state index >= 15 is 0 Å². The first-order valence-electron chi connectivity index (χ1n) is 4.10. The Morgan fingerprint density at radius 2 is 2.21 bits per heavy atom. The van der Waals surface area contributed by atoms with Crippen LogP contribution < -0.4 is 0 Å². The standard InChI is InChI=1S/C9H9N3S2/c1-6-8(7-4-3-5-14-7)10-9(13-2)12-11-6/h3-5H,1-2H3. The molecule has 0 saturated carbocycles. The number of thioether (sulfide) groups is 1. The second kappa shape index (κ2) is 4.06. The van der Waals surface area contributed by atoms with Crippen LogP contribution in [0.3, 0.4) is 0 Å². The summed E-state index contributed by atoms with van der Waals surface area (Å²) in [4.78, 5) is 5.58. The molecule has 0 aliphatic heterocycles. The summed E-state index contributed by atoms with van der Waals surface area (Å²) in [6.07, 6.45) is 1.95. The summed E-state index contributed by atoms with van der Waals surface area (Å²) in [5.41, 5.74) is 1.82. The molecule has 0 aromatic carbocycles. The number of nitrogens with zero attached hydrogens (tertiary/aromatic N) is 3. The van der Waals surface area contributed by atoms with Crippen molar-refractivity contribution in [3.05, 3.63) is 23.2 Å². The number of aromatic nitrogens is 3. The lowest BCUT2D eigenvalue weighted by Crippen LogP contribution is -1.96. The molecule has 2 aromatic rings.